The van der Waals surface area contributed by atoms with Gasteiger partial charge in [0.15, 0.2) is 0 Å². The first-order chi connectivity index (χ1) is 12.9. The highest BCUT2D eigenvalue weighted by Crippen LogP contribution is 2.47. The van der Waals surface area contributed by atoms with Gasteiger partial charge < -0.3 is 35.6 Å². The molecule has 0 aromatic rings. The van der Waals surface area contributed by atoms with E-state index in [4.69, 9.17) is 14.4 Å². The molecular formula is C14H26NO12P. The molecule has 1 rings (SSSR count). The second kappa shape index (κ2) is 10.1. The standard InChI is InChI=1S/C14H26NO12P/c1-7(16)15-12(19)11-9(18)5-14(22,13(20)21)27-10(11)4-8(17)6-26-28(23,24-2)25-3/h8-12,17-19,22H,4-6H2,1-3H3,(H,15,16)(H,20,21)/t8-,9?,10?,11?,12-,14?/m0/s1. The monoisotopic (exact) mass is 431 g/mol. The molecule has 1 heterocycles. The van der Waals surface area contributed by atoms with Crippen molar-refractivity contribution in [3.8, 4) is 0 Å². The molecule has 6 N–H and O–H groups in total. The molecule has 0 spiro atoms. The number of phosphoric acid groups is 1. The van der Waals surface area contributed by atoms with E-state index in [9.17, 15) is 34.6 Å². The van der Waals surface area contributed by atoms with E-state index in [1.807, 2.05) is 0 Å². The maximum absolute atomic E-state index is 11.8. The molecule has 0 aromatic carbocycles. The molecule has 1 fully saturated rings. The molecule has 1 saturated heterocycles. The van der Waals surface area contributed by atoms with Gasteiger partial charge in [0.2, 0.25) is 5.91 Å². The second-order valence-electron chi connectivity index (χ2n) is 6.24. The number of aliphatic hydroxyl groups excluding tert-OH is 3. The van der Waals surface area contributed by atoms with Gasteiger partial charge in [-0.3, -0.25) is 18.4 Å². The van der Waals surface area contributed by atoms with E-state index in [0.29, 0.717) is 0 Å². The van der Waals surface area contributed by atoms with Crippen LogP contribution < -0.4 is 5.32 Å². The molecule has 1 amide bonds. The van der Waals surface area contributed by atoms with Gasteiger partial charge in [-0.1, -0.05) is 0 Å². The fourth-order valence-electron chi connectivity index (χ4n) is 2.80. The summed E-state index contributed by atoms with van der Waals surface area (Å²) in [5.41, 5.74) is 0. The number of amides is 1. The van der Waals surface area contributed by atoms with Crippen molar-refractivity contribution >= 4 is 19.7 Å². The normalized spacial score (nSPS) is 30.5. The van der Waals surface area contributed by atoms with Crippen LogP contribution in [0.15, 0.2) is 0 Å². The average molecular weight is 431 g/mol. The Labute approximate surface area is 160 Å². The van der Waals surface area contributed by atoms with Gasteiger partial charge in [0, 0.05) is 34.0 Å². The third-order valence-electron chi connectivity index (χ3n) is 4.13. The lowest BCUT2D eigenvalue weighted by Gasteiger charge is -2.44. The Morgan fingerprint density at radius 3 is 2.36 bits per heavy atom. The van der Waals surface area contributed by atoms with Gasteiger partial charge >= 0.3 is 13.8 Å². The van der Waals surface area contributed by atoms with E-state index in [1.165, 1.54) is 0 Å². The minimum atomic E-state index is -3.89. The quantitative estimate of drug-likeness (QED) is 0.167. The molecule has 1 aliphatic heterocycles. The van der Waals surface area contributed by atoms with Crippen molar-refractivity contribution in [3.05, 3.63) is 0 Å². The van der Waals surface area contributed by atoms with Crippen molar-refractivity contribution in [1.29, 1.82) is 0 Å². The number of rotatable bonds is 10. The van der Waals surface area contributed by atoms with Gasteiger partial charge in [0.1, 0.15) is 6.23 Å². The lowest BCUT2D eigenvalue weighted by molar-refractivity contribution is -0.297. The highest BCUT2D eigenvalue weighted by Gasteiger charge is 2.53. The van der Waals surface area contributed by atoms with Gasteiger partial charge in [0.25, 0.3) is 5.79 Å². The largest absolute Gasteiger partial charge is 0.477 e. The molecule has 0 saturated carbocycles. The lowest BCUT2D eigenvalue weighted by atomic mass is 9.83. The molecule has 6 atom stereocenters. The van der Waals surface area contributed by atoms with E-state index >= 15 is 0 Å². The Morgan fingerprint density at radius 1 is 1.32 bits per heavy atom. The fourth-order valence-corrected chi connectivity index (χ4v) is 3.51. The lowest BCUT2D eigenvalue weighted by Crippen LogP contribution is -2.61. The predicted molar refractivity (Wildman–Crippen MR) is 89.6 cm³/mol. The highest BCUT2D eigenvalue weighted by molar-refractivity contribution is 7.48. The number of nitrogens with one attached hydrogen (secondary N) is 1. The third-order valence-corrected chi connectivity index (χ3v) is 5.49. The molecule has 164 valence electrons. The van der Waals surface area contributed by atoms with Crippen LogP contribution in [0.3, 0.4) is 0 Å². The van der Waals surface area contributed by atoms with Crippen LogP contribution in [-0.2, 0) is 32.5 Å². The zero-order chi connectivity index (χ0) is 21.7. The second-order valence-corrected chi connectivity index (χ2v) is 8.12. The zero-order valence-corrected chi connectivity index (χ0v) is 16.4. The fraction of sp³-hybridized carbons (Fsp3) is 0.857. The van der Waals surface area contributed by atoms with Crippen molar-refractivity contribution in [1.82, 2.24) is 5.32 Å². The van der Waals surface area contributed by atoms with Crippen molar-refractivity contribution in [2.45, 2.75) is 50.1 Å². The van der Waals surface area contributed by atoms with Crippen LogP contribution in [0.4, 0.5) is 0 Å². The first kappa shape index (κ1) is 24.9. The summed E-state index contributed by atoms with van der Waals surface area (Å²) < 4.78 is 30.9. The molecule has 0 aliphatic carbocycles. The van der Waals surface area contributed by atoms with E-state index < -0.39 is 75.4 Å². The van der Waals surface area contributed by atoms with E-state index in [1.54, 1.807) is 0 Å². The molecule has 0 radical (unpaired) electrons. The number of hydrogen-bond acceptors (Lipinski definition) is 11. The van der Waals surface area contributed by atoms with E-state index in [0.717, 1.165) is 21.1 Å². The van der Waals surface area contributed by atoms with Gasteiger partial charge in [-0.15, -0.1) is 0 Å². The smallest absolute Gasteiger partial charge is 0.474 e. The number of phosphoric ester groups is 1. The molecule has 1 aliphatic rings. The molecular weight excluding hydrogens is 405 g/mol. The maximum atomic E-state index is 11.8. The van der Waals surface area contributed by atoms with Crippen LogP contribution >= 0.6 is 7.82 Å². The van der Waals surface area contributed by atoms with Gasteiger partial charge in [-0.2, -0.15) is 0 Å². The van der Waals surface area contributed by atoms with Crippen LogP contribution in [0.2, 0.25) is 0 Å². The molecule has 0 bridgehead atoms. The van der Waals surface area contributed by atoms with Crippen molar-refractivity contribution in [2.24, 2.45) is 5.92 Å². The summed E-state index contributed by atoms with van der Waals surface area (Å²) in [5, 5.41) is 51.8. The number of carbonyl (C=O) groups is 2. The Morgan fingerprint density at radius 2 is 1.89 bits per heavy atom. The van der Waals surface area contributed by atoms with Crippen LogP contribution in [0.5, 0.6) is 0 Å². The van der Waals surface area contributed by atoms with Crippen molar-refractivity contribution < 1.29 is 58.0 Å². The average Bonchev–Trinajstić information content (AvgIpc) is 2.58. The number of hydrogen-bond donors (Lipinski definition) is 6. The number of carboxylic acid groups (broad SMARTS) is 1. The molecule has 4 unspecified atom stereocenters. The Balaban J connectivity index is 2.96. The van der Waals surface area contributed by atoms with Crippen LogP contribution in [0.1, 0.15) is 19.8 Å². The zero-order valence-electron chi connectivity index (χ0n) is 15.5. The molecule has 14 heteroatoms. The summed E-state index contributed by atoms with van der Waals surface area (Å²) in [6, 6.07) is 0. The van der Waals surface area contributed by atoms with E-state index in [-0.39, 0.29) is 0 Å². The number of carboxylic acids is 1. The first-order valence-electron chi connectivity index (χ1n) is 8.18. The Kier molecular flexibility index (Phi) is 8.93. The van der Waals surface area contributed by atoms with Crippen molar-refractivity contribution in [3.63, 3.8) is 0 Å². The summed E-state index contributed by atoms with van der Waals surface area (Å²) in [4.78, 5) is 22.4. The van der Waals surface area contributed by atoms with Crippen LogP contribution in [0.25, 0.3) is 0 Å². The summed E-state index contributed by atoms with van der Waals surface area (Å²) in [6.07, 6.45) is -7.36. The summed E-state index contributed by atoms with van der Waals surface area (Å²) in [7, 11) is -1.78. The topological polar surface area (TPSA) is 201 Å². The Bertz CT molecular complexity index is 595. The maximum Gasteiger partial charge on any atom is 0.474 e. The molecule has 0 aromatic heterocycles. The third kappa shape index (κ3) is 6.44. The van der Waals surface area contributed by atoms with Crippen molar-refractivity contribution in [2.75, 3.05) is 20.8 Å². The van der Waals surface area contributed by atoms with E-state index in [2.05, 4.69) is 14.4 Å². The minimum Gasteiger partial charge on any atom is -0.477 e. The number of ether oxygens (including phenoxy) is 1. The molecule has 13 nitrogen and oxygen atoms in total. The SMILES string of the molecule is COP(=O)(OC)OC[C@@H](O)CC1OC(O)(C(=O)O)CC(O)C1[C@H](O)NC(C)=O. The first-order valence-corrected chi connectivity index (χ1v) is 9.64. The van der Waals surface area contributed by atoms with Gasteiger partial charge in [0.05, 0.1) is 30.8 Å². The summed E-state index contributed by atoms with van der Waals surface area (Å²) >= 11 is 0. The highest BCUT2D eigenvalue weighted by atomic mass is 31.2. The van der Waals surface area contributed by atoms with Crippen LogP contribution in [-0.4, -0.2) is 88.6 Å². The predicted octanol–water partition coefficient (Wildman–Crippen LogP) is -1.85. The Hall–Kier alpha value is -1.15. The molecule has 28 heavy (non-hydrogen) atoms. The van der Waals surface area contributed by atoms with Gasteiger partial charge in [-0.25, -0.2) is 9.36 Å². The minimum absolute atomic E-state index is 0.457. The van der Waals surface area contributed by atoms with Gasteiger partial charge in [-0.05, 0) is 0 Å². The number of aliphatic carboxylic acids is 1. The summed E-state index contributed by atoms with van der Waals surface area (Å²) in [5.74, 6) is -6.47. The summed E-state index contributed by atoms with van der Waals surface area (Å²) in [6.45, 7) is 0.515. The van der Waals surface area contributed by atoms with Crippen LogP contribution in [0, 0.1) is 5.92 Å². The number of carbonyl (C=O) groups excluding carboxylic acids is 1. The number of aliphatic hydroxyl groups is 4.